The molecule has 0 rings (SSSR count). The third kappa shape index (κ3) is 8.96. The first-order valence-electron chi connectivity index (χ1n) is 7.10. The Morgan fingerprint density at radius 1 is 0.733 bits per heavy atom. The van der Waals surface area contributed by atoms with Crippen LogP contribution >= 0.6 is 0 Å². The van der Waals surface area contributed by atoms with Crippen LogP contribution in [0.1, 0.15) is 79.6 Å². The molecule has 0 aromatic carbocycles. The van der Waals surface area contributed by atoms with Crippen molar-refractivity contribution in [1.82, 2.24) is 0 Å². The molecular weight excluding hydrogens is 180 g/mol. The van der Waals surface area contributed by atoms with Gasteiger partial charge >= 0.3 is 0 Å². The molecule has 0 aromatic rings. The second-order valence-electron chi connectivity index (χ2n) is 5.69. The van der Waals surface area contributed by atoms with Crippen LogP contribution in [0.4, 0.5) is 0 Å². The molecule has 0 heteroatoms. The molecule has 0 amide bonds. The molecule has 0 heterocycles. The highest BCUT2D eigenvalue weighted by atomic mass is 14.2. The zero-order chi connectivity index (χ0) is 11.7. The maximum Gasteiger partial charge on any atom is -0.0438 e. The molecule has 0 N–H and O–H groups in total. The third-order valence-electron chi connectivity index (χ3n) is 3.61. The first kappa shape index (κ1) is 15.0. The summed E-state index contributed by atoms with van der Waals surface area (Å²) in [6.45, 7) is 11.8. The van der Waals surface area contributed by atoms with E-state index in [1.54, 1.807) is 0 Å². The fraction of sp³-hybridized carbons (Fsp3) is 1.00. The fourth-order valence-electron chi connectivity index (χ4n) is 2.50. The number of unbranched alkanes of at least 4 members (excludes halogenated alkanes) is 2. The number of hydrogen-bond acceptors (Lipinski definition) is 0. The molecule has 0 spiro atoms. The van der Waals surface area contributed by atoms with Crippen molar-refractivity contribution >= 4 is 0 Å². The Morgan fingerprint density at radius 3 is 1.87 bits per heavy atom. The monoisotopic (exact) mass is 212 g/mol. The Labute approximate surface area is 97.8 Å². The van der Waals surface area contributed by atoms with Gasteiger partial charge in [0.2, 0.25) is 0 Å². The summed E-state index contributed by atoms with van der Waals surface area (Å²) in [7, 11) is 0. The van der Waals surface area contributed by atoms with Gasteiger partial charge in [0, 0.05) is 0 Å². The molecule has 92 valence electrons. The standard InChI is InChI=1S/C15H32/c1-6-8-9-10-14(4)12-15(5)11-13(3)7-2/h13-15H,6-12H2,1-5H3. The molecule has 0 aliphatic carbocycles. The van der Waals surface area contributed by atoms with Crippen LogP contribution in [0.2, 0.25) is 0 Å². The van der Waals surface area contributed by atoms with Crippen molar-refractivity contribution in [2.45, 2.75) is 79.6 Å². The van der Waals surface area contributed by atoms with Gasteiger partial charge in [0.15, 0.2) is 0 Å². The fourth-order valence-corrected chi connectivity index (χ4v) is 2.50. The van der Waals surface area contributed by atoms with Gasteiger partial charge in [-0.05, 0) is 30.6 Å². The first-order valence-corrected chi connectivity index (χ1v) is 7.10. The summed E-state index contributed by atoms with van der Waals surface area (Å²) in [5.41, 5.74) is 0. The van der Waals surface area contributed by atoms with E-state index in [1.165, 1.54) is 44.9 Å². The maximum atomic E-state index is 2.43. The predicted molar refractivity (Wildman–Crippen MR) is 71.2 cm³/mol. The molecule has 15 heavy (non-hydrogen) atoms. The summed E-state index contributed by atoms with van der Waals surface area (Å²) < 4.78 is 0. The van der Waals surface area contributed by atoms with E-state index in [1.807, 2.05) is 0 Å². The summed E-state index contributed by atoms with van der Waals surface area (Å²) in [5.74, 6) is 2.79. The molecule has 0 saturated heterocycles. The minimum atomic E-state index is 0.919. The number of hydrogen-bond donors (Lipinski definition) is 0. The lowest BCUT2D eigenvalue weighted by Crippen LogP contribution is -2.07. The van der Waals surface area contributed by atoms with Crippen LogP contribution in [-0.2, 0) is 0 Å². The Hall–Kier alpha value is 0. The normalized spacial score (nSPS) is 17.4. The predicted octanol–water partition coefficient (Wildman–Crippen LogP) is 5.67. The molecule has 0 fully saturated rings. The lowest BCUT2D eigenvalue weighted by Gasteiger charge is -2.19. The van der Waals surface area contributed by atoms with Crippen LogP contribution in [0.3, 0.4) is 0 Å². The number of rotatable bonds is 9. The van der Waals surface area contributed by atoms with Gasteiger partial charge in [-0.3, -0.25) is 0 Å². The van der Waals surface area contributed by atoms with Crippen LogP contribution in [0.25, 0.3) is 0 Å². The van der Waals surface area contributed by atoms with E-state index in [2.05, 4.69) is 34.6 Å². The highest BCUT2D eigenvalue weighted by Crippen LogP contribution is 2.24. The van der Waals surface area contributed by atoms with Crippen molar-refractivity contribution in [3.8, 4) is 0 Å². The summed E-state index contributed by atoms with van der Waals surface area (Å²) in [6.07, 6.45) is 9.86. The summed E-state index contributed by atoms with van der Waals surface area (Å²) in [6, 6.07) is 0. The second kappa shape index (κ2) is 9.24. The summed E-state index contributed by atoms with van der Waals surface area (Å²) >= 11 is 0. The van der Waals surface area contributed by atoms with Crippen molar-refractivity contribution in [3.63, 3.8) is 0 Å². The second-order valence-corrected chi connectivity index (χ2v) is 5.69. The molecule has 3 atom stereocenters. The van der Waals surface area contributed by atoms with E-state index in [9.17, 15) is 0 Å². The van der Waals surface area contributed by atoms with E-state index < -0.39 is 0 Å². The molecular formula is C15H32. The van der Waals surface area contributed by atoms with Crippen LogP contribution in [0.15, 0.2) is 0 Å². The minimum Gasteiger partial charge on any atom is -0.0654 e. The van der Waals surface area contributed by atoms with Crippen molar-refractivity contribution < 1.29 is 0 Å². The molecule has 0 bridgehead atoms. The smallest absolute Gasteiger partial charge is 0.0438 e. The van der Waals surface area contributed by atoms with E-state index in [0.717, 1.165) is 17.8 Å². The van der Waals surface area contributed by atoms with Gasteiger partial charge in [-0.2, -0.15) is 0 Å². The van der Waals surface area contributed by atoms with E-state index in [-0.39, 0.29) is 0 Å². The quantitative estimate of drug-likeness (QED) is 0.432. The summed E-state index contributed by atoms with van der Waals surface area (Å²) in [4.78, 5) is 0. The van der Waals surface area contributed by atoms with Gasteiger partial charge in [-0.1, -0.05) is 66.7 Å². The van der Waals surface area contributed by atoms with Crippen molar-refractivity contribution in [2.24, 2.45) is 17.8 Å². The zero-order valence-electron chi connectivity index (χ0n) is 11.7. The van der Waals surface area contributed by atoms with Crippen LogP contribution in [0.5, 0.6) is 0 Å². The van der Waals surface area contributed by atoms with E-state index in [4.69, 9.17) is 0 Å². The Kier molecular flexibility index (Phi) is 9.24. The lowest BCUT2D eigenvalue weighted by atomic mass is 9.87. The SMILES string of the molecule is CCCCCC(C)CC(C)CC(C)CC. The van der Waals surface area contributed by atoms with Crippen molar-refractivity contribution in [3.05, 3.63) is 0 Å². The molecule has 0 aliphatic rings. The molecule has 0 nitrogen and oxygen atoms in total. The van der Waals surface area contributed by atoms with Gasteiger partial charge < -0.3 is 0 Å². The summed E-state index contributed by atoms with van der Waals surface area (Å²) in [5, 5.41) is 0. The van der Waals surface area contributed by atoms with Crippen LogP contribution in [0, 0.1) is 17.8 Å². The van der Waals surface area contributed by atoms with Crippen LogP contribution < -0.4 is 0 Å². The maximum absolute atomic E-state index is 2.43. The molecule has 0 saturated carbocycles. The van der Waals surface area contributed by atoms with E-state index in [0.29, 0.717) is 0 Å². The van der Waals surface area contributed by atoms with Gasteiger partial charge in [-0.25, -0.2) is 0 Å². The zero-order valence-corrected chi connectivity index (χ0v) is 11.7. The topological polar surface area (TPSA) is 0 Å². The average molecular weight is 212 g/mol. The van der Waals surface area contributed by atoms with E-state index >= 15 is 0 Å². The molecule has 0 aliphatic heterocycles. The minimum absolute atomic E-state index is 0.919. The molecule has 0 aromatic heterocycles. The average Bonchev–Trinajstić information content (AvgIpc) is 2.17. The first-order chi connectivity index (χ1) is 7.10. The van der Waals surface area contributed by atoms with Crippen LogP contribution in [-0.4, -0.2) is 0 Å². The van der Waals surface area contributed by atoms with Gasteiger partial charge in [0.25, 0.3) is 0 Å². The Balaban J connectivity index is 3.52. The molecule has 0 radical (unpaired) electrons. The molecule has 3 unspecified atom stereocenters. The largest absolute Gasteiger partial charge is 0.0654 e. The van der Waals surface area contributed by atoms with Crippen molar-refractivity contribution in [1.29, 1.82) is 0 Å². The van der Waals surface area contributed by atoms with Gasteiger partial charge in [-0.15, -0.1) is 0 Å². The highest BCUT2D eigenvalue weighted by molar-refractivity contribution is 4.63. The Bertz CT molecular complexity index is 128. The lowest BCUT2D eigenvalue weighted by molar-refractivity contribution is 0.325. The third-order valence-corrected chi connectivity index (χ3v) is 3.61. The van der Waals surface area contributed by atoms with Crippen molar-refractivity contribution in [2.75, 3.05) is 0 Å². The van der Waals surface area contributed by atoms with Gasteiger partial charge in [0.05, 0.1) is 0 Å². The highest BCUT2D eigenvalue weighted by Gasteiger charge is 2.11. The Morgan fingerprint density at radius 2 is 1.33 bits per heavy atom. The van der Waals surface area contributed by atoms with Gasteiger partial charge in [0.1, 0.15) is 0 Å².